The number of hydrogen-bond acceptors (Lipinski definition) is 5. The summed E-state index contributed by atoms with van der Waals surface area (Å²) in [5, 5.41) is 0. The molecule has 2 heterocycles. The molecule has 1 unspecified atom stereocenters. The summed E-state index contributed by atoms with van der Waals surface area (Å²) in [5.74, 6) is 1.42. The zero-order valence-electron chi connectivity index (χ0n) is 18.2. The Hall–Kier alpha value is -2.63. The van der Waals surface area contributed by atoms with Gasteiger partial charge in [0.05, 0.1) is 12.5 Å². The maximum Gasteiger partial charge on any atom is 0.200 e. The SMILES string of the molecule is COc1ccc2c3c1OC1(Cc4ccccc4)C(=O)C=C[C@@]4(OC)[C@@H](C2)N(C)CC[C@]314. The van der Waals surface area contributed by atoms with Crippen molar-refractivity contribution in [3.8, 4) is 11.5 Å². The number of ketones is 1. The van der Waals surface area contributed by atoms with Gasteiger partial charge in [-0.05, 0) is 55.8 Å². The van der Waals surface area contributed by atoms with E-state index in [1.165, 1.54) is 5.56 Å². The van der Waals surface area contributed by atoms with Crippen LogP contribution in [0, 0.1) is 0 Å². The number of benzene rings is 2. The van der Waals surface area contributed by atoms with Crippen molar-refractivity contribution < 1.29 is 19.0 Å². The molecule has 6 rings (SSSR count). The van der Waals surface area contributed by atoms with Crippen molar-refractivity contribution in [1.29, 1.82) is 0 Å². The van der Waals surface area contributed by atoms with Crippen LogP contribution < -0.4 is 9.47 Å². The van der Waals surface area contributed by atoms with E-state index >= 15 is 0 Å². The van der Waals surface area contributed by atoms with Crippen LogP contribution in [-0.2, 0) is 27.8 Å². The number of carbonyl (C=O) groups excluding carboxylic acids is 1. The van der Waals surface area contributed by atoms with Gasteiger partial charge in [-0.15, -0.1) is 0 Å². The normalized spacial score (nSPS) is 34.9. The first kappa shape index (κ1) is 19.1. The van der Waals surface area contributed by atoms with Gasteiger partial charge in [-0.2, -0.15) is 0 Å². The number of rotatable bonds is 4. The topological polar surface area (TPSA) is 48.0 Å². The van der Waals surface area contributed by atoms with Crippen molar-refractivity contribution in [2.45, 2.75) is 41.9 Å². The van der Waals surface area contributed by atoms with Crippen LogP contribution in [0.4, 0.5) is 0 Å². The number of likely N-dealkylation sites (tertiary alicyclic amines) is 1. The molecule has 0 radical (unpaired) electrons. The second-order valence-corrected chi connectivity index (χ2v) is 9.27. The van der Waals surface area contributed by atoms with Crippen LogP contribution in [0.2, 0.25) is 0 Å². The third kappa shape index (κ3) is 2.02. The number of piperidine rings is 1. The van der Waals surface area contributed by atoms with Crippen LogP contribution in [0.3, 0.4) is 0 Å². The van der Waals surface area contributed by atoms with Crippen molar-refractivity contribution in [2.75, 3.05) is 27.8 Å². The lowest BCUT2D eigenvalue weighted by molar-refractivity contribution is -0.186. The Morgan fingerprint density at radius 1 is 1.16 bits per heavy atom. The number of carbonyl (C=O) groups is 1. The molecule has 5 nitrogen and oxygen atoms in total. The van der Waals surface area contributed by atoms with Crippen molar-refractivity contribution in [2.24, 2.45) is 0 Å². The third-order valence-electron chi connectivity index (χ3n) is 8.28. The number of likely N-dealkylation sites (N-methyl/N-ethyl adjacent to an activating group) is 1. The Bertz CT molecular complexity index is 1110. The van der Waals surface area contributed by atoms with E-state index in [0.29, 0.717) is 12.2 Å². The van der Waals surface area contributed by atoms with E-state index in [2.05, 4.69) is 30.1 Å². The highest BCUT2D eigenvalue weighted by Gasteiger charge is 2.78. The average Bonchev–Trinajstić information content (AvgIpc) is 3.09. The lowest BCUT2D eigenvalue weighted by Crippen LogP contribution is -2.79. The zero-order chi connectivity index (χ0) is 21.4. The molecule has 4 atom stereocenters. The van der Waals surface area contributed by atoms with Crippen LogP contribution in [-0.4, -0.2) is 55.7 Å². The van der Waals surface area contributed by atoms with Gasteiger partial charge in [0.2, 0.25) is 0 Å². The first-order valence-corrected chi connectivity index (χ1v) is 11.0. The third-order valence-corrected chi connectivity index (χ3v) is 8.28. The monoisotopic (exact) mass is 417 g/mol. The minimum atomic E-state index is -1.06. The molecule has 2 aliphatic carbocycles. The fraction of sp³-hybridized carbons (Fsp3) is 0.423. The van der Waals surface area contributed by atoms with E-state index in [1.54, 1.807) is 20.3 Å². The minimum absolute atomic E-state index is 0.0124. The molecule has 0 N–H and O–H groups in total. The summed E-state index contributed by atoms with van der Waals surface area (Å²) in [5.41, 5.74) is 1.12. The van der Waals surface area contributed by atoms with Gasteiger partial charge in [-0.1, -0.05) is 36.4 Å². The van der Waals surface area contributed by atoms with Crippen molar-refractivity contribution in [3.63, 3.8) is 0 Å². The fourth-order valence-electron chi connectivity index (χ4n) is 7.01. The Kier molecular flexibility index (Phi) is 3.82. The fourth-order valence-corrected chi connectivity index (χ4v) is 7.01. The Balaban J connectivity index is 1.71. The van der Waals surface area contributed by atoms with Gasteiger partial charge >= 0.3 is 0 Å². The molecular weight excluding hydrogens is 390 g/mol. The second-order valence-electron chi connectivity index (χ2n) is 9.27. The van der Waals surface area contributed by atoms with Gasteiger partial charge in [0.25, 0.3) is 0 Å². The summed E-state index contributed by atoms with van der Waals surface area (Å²) in [6, 6.07) is 14.4. The van der Waals surface area contributed by atoms with Gasteiger partial charge in [0.15, 0.2) is 22.9 Å². The van der Waals surface area contributed by atoms with Crippen molar-refractivity contribution in [3.05, 3.63) is 71.3 Å². The van der Waals surface area contributed by atoms with Crippen LogP contribution in [0.15, 0.2) is 54.6 Å². The Morgan fingerprint density at radius 3 is 2.71 bits per heavy atom. The smallest absolute Gasteiger partial charge is 0.200 e. The highest BCUT2D eigenvalue weighted by Crippen LogP contribution is 2.68. The maximum atomic E-state index is 13.9. The Labute approximate surface area is 182 Å². The molecule has 1 saturated heterocycles. The molecule has 2 aromatic rings. The predicted molar refractivity (Wildman–Crippen MR) is 117 cm³/mol. The molecule has 160 valence electrons. The summed E-state index contributed by atoms with van der Waals surface area (Å²) < 4.78 is 19.0. The Morgan fingerprint density at radius 2 is 1.97 bits per heavy atom. The summed E-state index contributed by atoms with van der Waals surface area (Å²) in [6.07, 6.45) is 5.86. The molecule has 2 bridgehead atoms. The van der Waals surface area contributed by atoms with Gasteiger partial charge in [0.1, 0.15) is 5.60 Å². The zero-order valence-corrected chi connectivity index (χ0v) is 18.2. The maximum absolute atomic E-state index is 13.9. The number of ether oxygens (including phenoxy) is 3. The summed E-state index contributed by atoms with van der Waals surface area (Å²) in [7, 11) is 5.60. The van der Waals surface area contributed by atoms with E-state index < -0.39 is 16.6 Å². The first-order chi connectivity index (χ1) is 15.0. The summed E-state index contributed by atoms with van der Waals surface area (Å²) >= 11 is 0. The number of methoxy groups -OCH3 is 2. The molecule has 1 spiro atoms. The molecule has 0 amide bonds. The lowest BCUT2D eigenvalue weighted by atomic mass is 9.45. The van der Waals surface area contributed by atoms with E-state index in [1.807, 2.05) is 30.3 Å². The molecule has 31 heavy (non-hydrogen) atoms. The van der Waals surface area contributed by atoms with Crippen LogP contribution in [0.5, 0.6) is 11.5 Å². The predicted octanol–water partition coefficient (Wildman–Crippen LogP) is 3.09. The molecule has 4 aliphatic rings. The quantitative estimate of drug-likeness (QED) is 0.765. The van der Waals surface area contributed by atoms with Crippen LogP contribution >= 0.6 is 0 Å². The highest BCUT2D eigenvalue weighted by molar-refractivity contribution is 6.03. The summed E-state index contributed by atoms with van der Waals surface area (Å²) in [4.78, 5) is 16.2. The number of nitrogens with zero attached hydrogens (tertiary/aromatic N) is 1. The molecule has 2 aliphatic heterocycles. The van der Waals surface area contributed by atoms with Crippen molar-refractivity contribution >= 4 is 5.78 Å². The van der Waals surface area contributed by atoms with E-state index in [0.717, 1.165) is 36.3 Å². The molecule has 0 aromatic heterocycles. The minimum Gasteiger partial charge on any atom is -0.493 e. The van der Waals surface area contributed by atoms with Crippen molar-refractivity contribution in [1.82, 2.24) is 4.90 Å². The first-order valence-electron chi connectivity index (χ1n) is 11.0. The van der Waals surface area contributed by atoms with Crippen LogP contribution in [0.1, 0.15) is 23.1 Å². The molecule has 5 heteroatoms. The largest absolute Gasteiger partial charge is 0.493 e. The van der Waals surface area contributed by atoms with Gasteiger partial charge < -0.3 is 14.2 Å². The van der Waals surface area contributed by atoms with Gasteiger partial charge in [0, 0.05) is 25.1 Å². The highest BCUT2D eigenvalue weighted by atomic mass is 16.5. The standard InChI is InChI=1S/C26H27NO4/c1-27-14-13-24-22-18-9-10-19(29-2)23(22)31-26(24,16-17-7-5-4-6-8-17)21(28)11-12-25(24,30-3)20(27)15-18/h4-12,20H,13-16H2,1-3H3/t20-,24-,25-,26?/m1/s1. The molecule has 1 fully saturated rings. The average molecular weight is 418 g/mol. The summed E-state index contributed by atoms with van der Waals surface area (Å²) in [6.45, 7) is 0.882. The molecule has 0 saturated carbocycles. The van der Waals surface area contributed by atoms with Crippen LogP contribution in [0.25, 0.3) is 0 Å². The number of hydrogen-bond donors (Lipinski definition) is 0. The molecular formula is C26H27NO4. The second kappa shape index (κ2) is 6.21. The van der Waals surface area contributed by atoms with E-state index in [-0.39, 0.29) is 11.8 Å². The van der Waals surface area contributed by atoms with E-state index in [4.69, 9.17) is 14.2 Å². The van der Waals surface area contributed by atoms with Gasteiger partial charge in [-0.3, -0.25) is 9.69 Å². The van der Waals surface area contributed by atoms with Gasteiger partial charge in [-0.25, -0.2) is 0 Å². The lowest BCUT2D eigenvalue weighted by Gasteiger charge is -2.64. The van der Waals surface area contributed by atoms with E-state index in [9.17, 15) is 4.79 Å². The molecule has 2 aromatic carbocycles.